The fourth-order valence-corrected chi connectivity index (χ4v) is 2.27. The van der Waals surface area contributed by atoms with E-state index in [-0.39, 0.29) is 11.1 Å². The predicted octanol–water partition coefficient (Wildman–Crippen LogP) is 2.42. The number of hydrogen-bond donors (Lipinski definition) is 1. The lowest BCUT2D eigenvalue weighted by molar-refractivity contribution is 0.813. The van der Waals surface area contributed by atoms with Crippen LogP contribution in [-0.4, -0.2) is 19.5 Å². The van der Waals surface area contributed by atoms with Gasteiger partial charge in [-0.15, -0.1) is 0 Å². The van der Waals surface area contributed by atoms with E-state index in [1.165, 1.54) is 11.1 Å². The number of nitrogens with zero attached hydrogens (tertiary/aromatic N) is 4. The van der Waals surface area contributed by atoms with Gasteiger partial charge in [0.15, 0.2) is 10.8 Å². The summed E-state index contributed by atoms with van der Waals surface area (Å²) in [6.45, 7) is 2.73. The minimum absolute atomic E-state index is 0.156. The van der Waals surface area contributed by atoms with E-state index in [1.807, 2.05) is 10.6 Å². The van der Waals surface area contributed by atoms with Crippen molar-refractivity contribution >= 4 is 28.7 Å². The Labute approximate surface area is 115 Å². The Morgan fingerprint density at radius 3 is 2.95 bits per heavy atom. The topological polar surface area (TPSA) is 69.6 Å². The van der Waals surface area contributed by atoms with E-state index in [9.17, 15) is 0 Å². The molecule has 0 aliphatic carbocycles. The molecule has 0 fully saturated rings. The van der Waals surface area contributed by atoms with Crippen LogP contribution < -0.4 is 5.73 Å². The number of rotatable bonds is 2. The first-order valence-corrected chi connectivity index (χ1v) is 6.20. The monoisotopic (exact) mass is 273 g/mol. The molecule has 1 aromatic carbocycles. The van der Waals surface area contributed by atoms with Crippen molar-refractivity contribution in [2.45, 2.75) is 13.5 Å². The first-order valence-electron chi connectivity index (χ1n) is 5.83. The highest BCUT2D eigenvalue weighted by atomic mass is 35.5. The van der Waals surface area contributed by atoms with E-state index >= 15 is 0 Å². The number of hydrogen-bond acceptors (Lipinski definition) is 4. The Morgan fingerprint density at radius 2 is 2.16 bits per heavy atom. The van der Waals surface area contributed by atoms with Crippen LogP contribution in [0.1, 0.15) is 11.1 Å². The molecule has 2 N–H and O–H groups in total. The molecule has 0 aliphatic rings. The molecule has 2 aromatic heterocycles. The van der Waals surface area contributed by atoms with Crippen LogP contribution in [0.5, 0.6) is 0 Å². The number of halogens is 1. The maximum atomic E-state index is 6.00. The van der Waals surface area contributed by atoms with Gasteiger partial charge in [-0.1, -0.05) is 41.4 Å². The number of aryl methyl sites for hydroxylation is 1. The molecule has 5 nitrogen and oxygen atoms in total. The predicted molar refractivity (Wildman–Crippen MR) is 75.0 cm³/mol. The van der Waals surface area contributed by atoms with Crippen molar-refractivity contribution in [2.24, 2.45) is 0 Å². The molecule has 0 saturated heterocycles. The highest BCUT2D eigenvalue weighted by Gasteiger charge is 2.10. The molecule has 2 heterocycles. The summed E-state index contributed by atoms with van der Waals surface area (Å²) in [5.74, 6) is 0.156. The third-order valence-corrected chi connectivity index (χ3v) is 3.14. The summed E-state index contributed by atoms with van der Waals surface area (Å²) in [7, 11) is 0. The molecule has 0 bridgehead atoms. The van der Waals surface area contributed by atoms with E-state index < -0.39 is 0 Å². The number of aromatic nitrogens is 4. The third kappa shape index (κ3) is 2.24. The van der Waals surface area contributed by atoms with Crippen LogP contribution in [0.3, 0.4) is 0 Å². The Hall–Kier alpha value is -2.14. The van der Waals surface area contributed by atoms with Crippen LogP contribution in [0, 0.1) is 6.92 Å². The zero-order valence-electron chi connectivity index (χ0n) is 10.3. The molecular formula is C13H12ClN5. The molecular weight excluding hydrogens is 262 g/mol. The van der Waals surface area contributed by atoms with Gasteiger partial charge < -0.3 is 10.3 Å². The van der Waals surface area contributed by atoms with Gasteiger partial charge in [0.2, 0.25) is 5.95 Å². The first kappa shape index (κ1) is 11.9. The van der Waals surface area contributed by atoms with Gasteiger partial charge in [-0.05, 0) is 12.5 Å². The largest absolute Gasteiger partial charge is 0.368 e. The van der Waals surface area contributed by atoms with Gasteiger partial charge in [-0.3, -0.25) is 0 Å². The number of nitrogen functional groups attached to an aromatic ring is 1. The third-order valence-electron chi connectivity index (χ3n) is 2.87. The van der Waals surface area contributed by atoms with Crippen molar-refractivity contribution in [1.82, 2.24) is 19.5 Å². The van der Waals surface area contributed by atoms with E-state index in [0.717, 1.165) is 0 Å². The summed E-state index contributed by atoms with van der Waals surface area (Å²) >= 11 is 6.00. The number of imidazole rings is 1. The van der Waals surface area contributed by atoms with Gasteiger partial charge in [0.25, 0.3) is 0 Å². The van der Waals surface area contributed by atoms with Gasteiger partial charge >= 0.3 is 0 Å². The molecule has 19 heavy (non-hydrogen) atoms. The van der Waals surface area contributed by atoms with E-state index in [4.69, 9.17) is 17.3 Å². The van der Waals surface area contributed by atoms with Crippen LogP contribution in [0.2, 0.25) is 5.15 Å². The number of benzene rings is 1. The molecule has 0 unspecified atom stereocenters. The fraction of sp³-hybridized carbons (Fsp3) is 0.154. The van der Waals surface area contributed by atoms with Crippen LogP contribution in [0.15, 0.2) is 30.6 Å². The summed E-state index contributed by atoms with van der Waals surface area (Å²) in [4.78, 5) is 12.3. The van der Waals surface area contributed by atoms with Gasteiger partial charge in [-0.2, -0.15) is 9.97 Å². The SMILES string of the molecule is Cc1cccc(Cn2cnc3c(Cl)nc(N)nc32)c1. The van der Waals surface area contributed by atoms with Crippen molar-refractivity contribution in [3.63, 3.8) is 0 Å². The quantitative estimate of drug-likeness (QED) is 0.728. The van der Waals surface area contributed by atoms with Crippen LogP contribution >= 0.6 is 11.6 Å². The molecule has 0 aliphatic heterocycles. The number of fused-ring (bicyclic) bond motifs is 1. The van der Waals surface area contributed by atoms with Gasteiger partial charge in [0.1, 0.15) is 5.52 Å². The molecule has 96 valence electrons. The normalized spacial score (nSPS) is 11.1. The summed E-state index contributed by atoms with van der Waals surface area (Å²) in [5, 5.41) is 0.283. The first-order chi connectivity index (χ1) is 9.13. The lowest BCUT2D eigenvalue weighted by Crippen LogP contribution is -2.02. The Morgan fingerprint density at radius 1 is 1.32 bits per heavy atom. The van der Waals surface area contributed by atoms with Crippen molar-refractivity contribution in [1.29, 1.82) is 0 Å². The summed E-state index contributed by atoms with van der Waals surface area (Å²) in [5.41, 5.74) is 9.24. The second kappa shape index (κ2) is 4.51. The average molecular weight is 274 g/mol. The lowest BCUT2D eigenvalue weighted by atomic mass is 10.1. The fourth-order valence-electron chi connectivity index (χ4n) is 2.05. The summed E-state index contributed by atoms with van der Waals surface area (Å²) < 4.78 is 1.91. The van der Waals surface area contributed by atoms with E-state index in [1.54, 1.807) is 6.33 Å². The maximum Gasteiger partial charge on any atom is 0.223 e. The molecule has 0 amide bonds. The van der Waals surface area contributed by atoms with Crippen molar-refractivity contribution in [2.75, 3.05) is 5.73 Å². The van der Waals surface area contributed by atoms with Crippen LogP contribution in [0.4, 0.5) is 5.95 Å². The summed E-state index contributed by atoms with van der Waals surface area (Å²) in [6, 6.07) is 8.27. The lowest BCUT2D eigenvalue weighted by Gasteiger charge is -2.05. The number of anilines is 1. The molecule has 0 saturated carbocycles. The average Bonchev–Trinajstić information content (AvgIpc) is 2.73. The zero-order valence-corrected chi connectivity index (χ0v) is 11.1. The zero-order chi connectivity index (χ0) is 13.4. The molecule has 3 aromatic rings. The number of nitrogens with two attached hydrogens (primary N) is 1. The highest BCUT2D eigenvalue weighted by molar-refractivity contribution is 6.33. The van der Waals surface area contributed by atoms with Crippen molar-refractivity contribution in [3.8, 4) is 0 Å². The minimum Gasteiger partial charge on any atom is -0.368 e. The van der Waals surface area contributed by atoms with Gasteiger partial charge in [-0.25, -0.2) is 4.98 Å². The molecule has 6 heteroatoms. The van der Waals surface area contributed by atoms with Crippen LogP contribution in [0.25, 0.3) is 11.2 Å². The molecule has 0 atom stereocenters. The molecule has 0 spiro atoms. The second-order valence-electron chi connectivity index (χ2n) is 4.41. The van der Waals surface area contributed by atoms with Gasteiger partial charge in [0.05, 0.1) is 12.9 Å². The Kier molecular flexibility index (Phi) is 2.83. The standard InChI is InChI=1S/C13H12ClN5/c1-8-3-2-4-9(5-8)6-19-7-16-10-11(14)17-13(15)18-12(10)19/h2-5,7H,6H2,1H3,(H2,15,17,18). The minimum atomic E-state index is 0.156. The Bertz CT molecular complexity index is 750. The Balaban J connectivity index is 2.06. The van der Waals surface area contributed by atoms with Crippen molar-refractivity contribution in [3.05, 3.63) is 46.9 Å². The highest BCUT2D eigenvalue weighted by Crippen LogP contribution is 2.20. The maximum absolute atomic E-state index is 6.00. The molecule has 0 radical (unpaired) electrons. The smallest absolute Gasteiger partial charge is 0.223 e. The van der Waals surface area contributed by atoms with E-state index in [0.29, 0.717) is 17.7 Å². The van der Waals surface area contributed by atoms with E-state index in [2.05, 4.69) is 40.1 Å². The van der Waals surface area contributed by atoms with Gasteiger partial charge in [0, 0.05) is 0 Å². The van der Waals surface area contributed by atoms with Crippen molar-refractivity contribution < 1.29 is 0 Å². The second-order valence-corrected chi connectivity index (χ2v) is 4.76. The summed E-state index contributed by atoms with van der Waals surface area (Å²) in [6.07, 6.45) is 1.70. The van der Waals surface area contributed by atoms with Crippen LogP contribution in [-0.2, 0) is 6.54 Å². The molecule has 3 rings (SSSR count).